The number of piperazine rings is 1. The number of hydrogen-bond acceptors (Lipinski definition) is 4. The number of benzene rings is 2. The summed E-state index contributed by atoms with van der Waals surface area (Å²) < 4.78 is 0. The number of anilines is 1. The summed E-state index contributed by atoms with van der Waals surface area (Å²) in [6.07, 6.45) is 5.10. The Kier molecular flexibility index (Phi) is 6.20. The van der Waals surface area contributed by atoms with Crippen LogP contribution in [0.4, 0.5) is 5.69 Å². The van der Waals surface area contributed by atoms with Crippen LogP contribution in [0.5, 0.6) is 0 Å². The lowest BCUT2D eigenvalue weighted by Crippen LogP contribution is -2.55. The van der Waals surface area contributed by atoms with E-state index in [1.165, 1.54) is 47.2 Å². The zero-order valence-electron chi connectivity index (χ0n) is 19.6. The van der Waals surface area contributed by atoms with Gasteiger partial charge in [-0.05, 0) is 53.6 Å². The van der Waals surface area contributed by atoms with Gasteiger partial charge in [-0.25, -0.2) is 0 Å². The number of fused-ring (bicyclic) bond motifs is 1. The molecule has 0 radical (unpaired) electrons. The molecule has 0 atom stereocenters. The third kappa shape index (κ3) is 4.55. The molecule has 0 aromatic heterocycles. The summed E-state index contributed by atoms with van der Waals surface area (Å²) in [5.74, 6) is 0.305. The van der Waals surface area contributed by atoms with Crippen molar-refractivity contribution in [3.63, 3.8) is 0 Å². The second kappa shape index (κ2) is 9.24. The van der Waals surface area contributed by atoms with Gasteiger partial charge in [0.1, 0.15) is 0 Å². The molecule has 1 saturated carbocycles. The fourth-order valence-corrected chi connectivity index (χ4v) is 5.26. The molecule has 1 amide bonds. The minimum Gasteiger partial charge on any atom is -0.378 e. The van der Waals surface area contributed by atoms with E-state index in [4.69, 9.17) is 0 Å². The fourth-order valence-electron chi connectivity index (χ4n) is 5.26. The molecule has 2 aromatic rings. The molecule has 5 heteroatoms. The molecule has 5 nitrogen and oxygen atoms in total. The summed E-state index contributed by atoms with van der Waals surface area (Å²) in [4.78, 5) is 22.1. The molecule has 3 aliphatic rings. The van der Waals surface area contributed by atoms with E-state index in [-0.39, 0.29) is 0 Å². The van der Waals surface area contributed by atoms with E-state index in [2.05, 4.69) is 76.2 Å². The summed E-state index contributed by atoms with van der Waals surface area (Å²) in [6, 6.07) is 16.4. The topological polar surface area (TPSA) is 30.0 Å². The normalized spacial score (nSPS) is 20.0. The van der Waals surface area contributed by atoms with E-state index in [1.54, 1.807) is 0 Å². The first-order valence-electron chi connectivity index (χ1n) is 12.2. The minimum absolute atomic E-state index is 0.305. The van der Waals surface area contributed by atoms with Crippen molar-refractivity contribution in [2.45, 2.75) is 38.3 Å². The van der Waals surface area contributed by atoms with E-state index in [0.29, 0.717) is 12.5 Å². The molecule has 0 spiro atoms. The van der Waals surface area contributed by atoms with Gasteiger partial charge in [-0.15, -0.1) is 0 Å². The van der Waals surface area contributed by atoms with Crippen molar-refractivity contribution < 1.29 is 4.79 Å². The van der Waals surface area contributed by atoms with Crippen molar-refractivity contribution in [1.29, 1.82) is 0 Å². The standard InChI is InChI=1S/C27H36N4O/c1-28(2)25-10-8-21(9-11-25)22-6-7-24-19-29(13-12-23(24)18-22)20-27(32)31-16-14-30(15-17-31)26-4-3-5-26/h6-11,18,26H,3-5,12-17,19-20H2,1-2H3. The zero-order chi connectivity index (χ0) is 22.1. The number of rotatable bonds is 5. The number of amides is 1. The number of nitrogens with zero attached hydrogens (tertiary/aromatic N) is 4. The quantitative estimate of drug-likeness (QED) is 0.724. The Labute approximate surface area is 192 Å². The second-order valence-electron chi connectivity index (χ2n) is 9.89. The molecule has 0 unspecified atom stereocenters. The second-order valence-corrected chi connectivity index (χ2v) is 9.89. The SMILES string of the molecule is CN(C)c1ccc(-c2ccc3c(c2)CCN(CC(=O)N2CCN(C4CCC4)CC2)C3)cc1. The van der Waals surface area contributed by atoms with E-state index in [0.717, 1.165) is 51.7 Å². The summed E-state index contributed by atoms with van der Waals surface area (Å²) in [5, 5.41) is 0. The van der Waals surface area contributed by atoms with E-state index in [9.17, 15) is 4.79 Å². The zero-order valence-corrected chi connectivity index (χ0v) is 19.6. The Morgan fingerprint density at radius 2 is 1.62 bits per heavy atom. The van der Waals surface area contributed by atoms with Crippen LogP contribution in [0, 0.1) is 0 Å². The van der Waals surface area contributed by atoms with Gasteiger partial charge in [-0.3, -0.25) is 14.6 Å². The lowest BCUT2D eigenvalue weighted by atomic mass is 9.91. The average Bonchev–Trinajstić information content (AvgIpc) is 2.78. The molecule has 2 aromatic carbocycles. The molecule has 32 heavy (non-hydrogen) atoms. The minimum atomic E-state index is 0.305. The summed E-state index contributed by atoms with van der Waals surface area (Å²) in [5.41, 5.74) is 6.56. The van der Waals surface area contributed by atoms with Gasteiger partial charge in [0.05, 0.1) is 6.54 Å². The van der Waals surface area contributed by atoms with Crippen LogP contribution in [-0.4, -0.2) is 80.0 Å². The average molecular weight is 433 g/mol. The van der Waals surface area contributed by atoms with Crippen molar-refractivity contribution in [2.24, 2.45) is 0 Å². The molecule has 1 aliphatic carbocycles. The summed E-state index contributed by atoms with van der Waals surface area (Å²) in [7, 11) is 4.14. The molecule has 0 bridgehead atoms. The van der Waals surface area contributed by atoms with Crippen molar-refractivity contribution in [3.8, 4) is 11.1 Å². The van der Waals surface area contributed by atoms with Crippen LogP contribution in [-0.2, 0) is 17.8 Å². The monoisotopic (exact) mass is 432 g/mol. The van der Waals surface area contributed by atoms with Crippen molar-refractivity contribution in [1.82, 2.24) is 14.7 Å². The highest BCUT2D eigenvalue weighted by molar-refractivity contribution is 5.78. The Morgan fingerprint density at radius 1 is 0.906 bits per heavy atom. The first-order valence-corrected chi connectivity index (χ1v) is 12.2. The molecule has 2 aliphatic heterocycles. The largest absolute Gasteiger partial charge is 0.378 e. The van der Waals surface area contributed by atoms with Crippen LogP contribution >= 0.6 is 0 Å². The van der Waals surface area contributed by atoms with Crippen LogP contribution in [0.25, 0.3) is 11.1 Å². The maximum Gasteiger partial charge on any atom is 0.236 e. The lowest BCUT2D eigenvalue weighted by molar-refractivity contribution is -0.135. The third-order valence-electron chi connectivity index (χ3n) is 7.63. The smallest absolute Gasteiger partial charge is 0.236 e. The van der Waals surface area contributed by atoms with Crippen LogP contribution in [0.2, 0.25) is 0 Å². The van der Waals surface area contributed by atoms with Crippen molar-refractivity contribution >= 4 is 11.6 Å². The van der Waals surface area contributed by atoms with Gasteiger partial charge in [-0.2, -0.15) is 0 Å². The highest BCUT2D eigenvalue weighted by atomic mass is 16.2. The number of carbonyl (C=O) groups is 1. The predicted molar refractivity (Wildman–Crippen MR) is 131 cm³/mol. The lowest BCUT2D eigenvalue weighted by Gasteiger charge is -2.43. The maximum absolute atomic E-state index is 12.9. The maximum atomic E-state index is 12.9. The van der Waals surface area contributed by atoms with Gasteiger partial charge in [0, 0.05) is 65.1 Å². The van der Waals surface area contributed by atoms with E-state index >= 15 is 0 Å². The molecule has 170 valence electrons. The first kappa shape index (κ1) is 21.5. The Hall–Kier alpha value is -2.37. The number of carbonyl (C=O) groups excluding carboxylic acids is 1. The molecule has 5 rings (SSSR count). The van der Waals surface area contributed by atoms with E-state index < -0.39 is 0 Å². The molecule has 2 fully saturated rings. The number of hydrogen-bond donors (Lipinski definition) is 0. The fraction of sp³-hybridized carbons (Fsp3) is 0.519. The Balaban J connectivity index is 1.16. The van der Waals surface area contributed by atoms with Gasteiger partial charge in [0.15, 0.2) is 0 Å². The Morgan fingerprint density at radius 3 is 2.28 bits per heavy atom. The van der Waals surface area contributed by atoms with Gasteiger partial charge in [0.25, 0.3) is 0 Å². The molecule has 2 heterocycles. The highest BCUT2D eigenvalue weighted by Crippen LogP contribution is 2.28. The van der Waals surface area contributed by atoms with Crippen LogP contribution in [0.3, 0.4) is 0 Å². The van der Waals surface area contributed by atoms with Crippen molar-refractivity contribution in [3.05, 3.63) is 53.6 Å². The molecular formula is C27H36N4O. The van der Waals surface area contributed by atoms with E-state index in [1.807, 2.05) is 0 Å². The van der Waals surface area contributed by atoms with Gasteiger partial charge in [-0.1, -0.05) is 36.8 Å². The summed E-state index contributed by atoms with van der Waals surface area (Å²) >= 11 is 0. The first-order chi connectivity index (χ1) is 15.6. The van der Waals surface area contributed by atoms with Gasteiger partial charge >= 0.3 is 0 Å². The van der Waals surface area contributed by atoms with Crippen LogP contribution < -0.4 is 4.90 Å². The third-order valence-corrected chi connectivity index (χ3v) is 7.63. The van der Waals surface area contributed by atoms with Crippen LogP contribution in [0.1, 0.15) is 30.4 Å². The van der Waals surface area contributed by atoms with Gasteiger partial charge < -0.3 is 9.80 Å². The summed E-state index contributed by atoms with van der Waals surface area (Å²) in [6.45, 7) is 6.30. The molecular weight excluding hydrogens is 396 g/mol. The van der Waals surface area contributed by atoms with Crippen LogP contribution in [0.15, 0.2) is 42.5 Å². The predicted octanol–water partition coefficient (Wildman–Crippen LogP) is 3.47. The molecule has 1 saturated heterocycles. The molecule has 0 N–H and O–H groups in total. The van der Waals surface area contributed by atoms with Crippen molar-refractivity contribution in [2.75, 3.05) is 58.3 Å². The Bertz CT molecular complexity index is 943. The van der Waals surface area contributed by atoms with Gasteiger partial charge in [0.2, 0.25) is 5.91 Å². The highest BCUT2D eigenvalue weighted by Gasteiger charge is 2.30.